The number of hydrogen-bond acceptors (Lipinski definition) is 3. The molecule has 1 aromatic carbocycles. The van der Waals surface area contributed by atoms with E-state index in [9.17, 15) is 14.7 Å². The minimum atomic E-state index is -1.30. The van der Waals surface area contributed by atoms with Crippen LogP contribution in [-0.4, -0.2) is 18.4 Å². The summed E-state index contributed by atoms with van der Waals surface area (Å²) >= 11 is 0. The monoisotopic (exact) mass is 285 g/mol. The van der Waals surface area contributed by atoms with E-state index in [-0.39, 0.29) is 22.4 Å². The third-order valence-electron chi connectivity index (χ3n) is 1.43. The molecule has 4 nitrogen and oxygen atoms in total. The molecule has 0 radical (unpaired) electrons. The van der Waals surface area contributed by atoms with Gasteiger partial charge in [-0.2, -0.15) is 0 Å². The number of hydrogen-bond donors (Lipinski definition) is 1. The standard InChI is InChI=1S/C9H9NO3.Ag/c11-8(12)6-10-9(13)7-4-2-1-3-5-7;/h1-5H,6H2,(H,10,13)(H,11,12);/q;+1/p-1. The van der Waals surface area contributed by atoms with Gasteiger partial charge in [-0.05, 0) is 12.1 Å². The molecule has 0 saturated heterocycles. The fourth-order valence-corrected chi connectivity index (χ4v) is 0.844. The van der Waals surface area contributed by atoms with Crippen molar-refractivity contribution in [1.29, 1.82) is 0 Å². The summed E-state index contributed by atoms with van der Waals surface area (Å²) in [7, 11) is 0. The van der Waals surface area contributed by atoms with Crippen LogP contribution in [0.5, 0.6) is 0 Å². The molecule has 0 heterocycles. The van der Waals surface area contributed by atoms with Crippen LogP contribution in [0.15, 0.2) is 30.3 Å². The molecule has 0 aliphatic carbocycles. The van der Waals surface area contributed by atoms with E-state index in [1.807, 2.05) is 0 Å². The van der Waals surface area contributed by atoms with Crippen LogP contribution in [0.1, 0.15) is 10.4 Å². The molecule has 14 heavy (non-hydrogen) atoms. The average Bonchev–Trinajstić information content (AvgIpc) is 2.15. The zero-order valence-corrected chi connectivity index (χ0v) is 8.60. The van der Waals surface area contributed by atoms with Crippen molar-refractivity contribution in [3.8, 4) is 0 Å². The van der Waals surface area contributed by atoms with Gasteiger partial charge < -0.3 is 15.2 Å². The molecule has 1 rings (SSSR count). The maximum absolute atomic E-state index is 11.1. The number of aliphatic carboxylic acids is 1. The van der Waals surface area contributed by atoms with Crippen LogP contribution in [0.3, 0.4) is 0 Å². The van der Waals surface area contributed by atoms with Crippen LogP contribution in [-0.2, 0) is 27.2 Å². The van der Waals surface area contributed by atoms with Crippen molar-refractivity contribution in [3.05, 3.63) is 35.9 Å². The molecule has 1 amide bonds. The van der Waals surface area contributed by atoms with Gasteiger partial charge in [-0.3, -0.25) is 4.79 Å². The van der Waals surface area contributed by atoms with E-state index in [1.54, 1.807) is 30.3 Å². The SMILES string of the molecule is O=C([O-])CNC(=O)c1ccccc1.[Ag+]. The first-order valence-corrected chi connectivity index (χ1v) is 3.73. The molecular weight excluding hydrogens is 278 g/mol. The van der Waals surface area contributed by atoms with Gasteiger partial charge in [0.25, 0.3) is 5.91 Å². The molecule has 0 atom stereocenters. The molecule has 1 aromatic rings. The first kappa shape index (κ1) is 12.9. The van der Waals surface area contributed by atoms with Crippen LogP contribution in [0.4, 0.5) is 0 Å². The van der Waals surface area contributed by atoms with Gasteiger partial charge in [-0.15, -0.1) is 0 Å². The Hall–Kier alpha value is -1.10. The second kappa shape index (κ2) is 6.37. The van der Waals surface area contributed by atoms with Crippen molar-refractivity contribution < 1.29 is 37.1 Å². The van der Waals surface area contributed by atoms with Gasteiger partial charge >= 0.3 is 22.4 Å². The van der Waals surface area contributed by atoms with Crippen LogP contribution >= 0.6 is 0 Å². The van der Waals surface area contributed by atoms with Gasteiger partial charge in [0.2, 0.25) is 0 Å². The molecule has 5 heteroatoms. The molecule has 0 aliphatic heterocycles. The largest absolute Gasteiger partial charge is 1.00 e. The quantitative estimate of drug-likeness (QED) is 0.737. The summed E-state index contributed by atoms with van der Waals surface area (Å²) in [4.78, 5) is 21.2. The van der Waals surface area contributed by atoms with E-state index < -0.39 is 18.4 Å². The molecule has 0 fully saturated rings. The number of rotatable bonds is 3. The summed E-state index contributed by atoms with van der Waals surface area (Å²) in [5.41, 5.74) is 0.434. The van der Waals surface area contributed by atoms with Gasteiger partial charge in [0.1, 0.15) is 0 Å². The van der Waals surface area contributed by atoms with Gasteiger partial charge in [-0.25, -0.2) is 0 Å². The van der Waals surface area contributed by atoms with E-state index in [2.05, 4.69) is 5.32 Å². The number of carboxylic acid groups (broad SMARTS) is 1. The number of benzene rings is 1. The van der Waals surface area contributed by atoms with Crippen LogP contribution < -0.4 is 10.4 Å². The van der Waals surface area contributed by atoms with E-state index in [4.69, 9.17) is 0 Å². The summed E-state index contributed by atoms with van der Waals surface area (Å²) in [5, 5.41) is 12.2. The Balaban J connectivity index is 0.00000169. The molecule has 0 bridgehead atoms. The third-order valence-corrected chi connectivity index (χ3v) is 1.43. The molecule has 0 spiro atoms. The Morgan fingerprint density at radius 1 is 1.21 bits per heavy atom. The fourth-order valence-electron chi connectivity index (χ4n) is 0.844. The molecule has 0 aliphatic rings. The Labute approximate surface area is 96.8 Å². The van der Waals surface area contributed by atoms with Crippen molar-refractivity contribution in [2.75, 3.05) is 6.54 Å². The number of nitrogens with one attached hydrogen (secondary N) is 1. The first-order valence-electron chi connectivity index (χ1n) is 3.73. The Kier molecular flexibility index (Phi) is 5.87. The minimum Gasteiger partial charge on any atom is -0.548 e. The fraction of sp³-hybridized carbons (Fsp3) is 0.111. The maximum Gasteiger partial charge on any atom is 1.00 e. The van der Waals surface area contributed by atoms with Crippen molar-refractivity contribution in [1.82, 2.24) is 5.32 Å². The van der Waals surface area contributed by atoms with Gasteiger partial charge in [0.05, 0.1) is 12.5 Å². The molecular formula is C9H8AgNO3. The van der Waals surface area contributed by atoms with E-state index >= 15 is 0 Å². The average molecular weight is 286 g/mol. The predicted octanol–water partition coefficient (Wildman–Crippen LogP) is -0.836. The Morgan fingerprint density at radius 3 is 2.29 bits per heavy atom. The van der Waals surface area contributed by atoms with Crippen LogP contribution in [0, 0.1) is 0 Å². The summed E-state index contributed by atoms with van der Waals surface area (Å²) in [6.07, 6.45) is 0. The van der Waals surface area contributed by atoms with E-state index in [0.717, 1.165) is 0 Å². The number of carbonyl (C=O) groups is 2. The normalized spacial score (nSPS) is 8.57. The summed E-state index contributed by atoms with van der Waals surface area (Å²) < 4.78 is 0. The summed E-state index contributed by atoms with van der Waals surface area (Å²) in [6, 6.07) is 8.38. The number of amides is 1. The van der Waals surface area contributed by atoms with Crippen molar-refractivity contribution in [2.24, 2.45) is 0 Å². The molecule has 78 valence electrons. The first-order chi connectivity index (χ1) is 6.20. The minimum absolute atomic E-state index is 0. The van der Waals surface area contributed by atoms with Gasteiger partial charge in [-0.1, -0.05) is 18.2 Å². The topological polar surface area (TPSA) is 69.2 Å². The van der Waals surface area contributed by atoms with Crippen LogP contribution in [0.25, 0.3) is 0 Å². The zero-order chi connectivity index (χ0) is 9.68. The van der Waals surface area contributed by atoms with Crippen molar-refractivity contribution >= 4 is 11.9 Å². The molecule has 0 unspecified atom stereocenters. The Morgan fingerprint density at radius 2 is 1.79 bits per heavy atom. The number of carboxylic acids is 1. The number of carbonyl (C=O) groups excluding carboxylic acids is 2. The smallest absolute Gasteiger partial charge is 0.548 e. The maximum atomic E-state index is 11.1. The molecule has 1 N–H and O–H groups in total. The second-order valence-corrected chi connectivity index (χ2v) is 2.42. The van der Waals surface area contributed by atoms with Gasteiger partial charge in [0.15, 0.2) is 0 Å². The van der Waals surface area contributed by atoms with Crippen molar-refractivity contribution in [3.63, 3.8) is 0 Å². The molecule has 0 saturated carbocycles. The van der Waals surface area contributed by atoms with Crippen molar-refractivity contribution in [2.45, 2.75) is 0 Å². The predicted molar refractivity (Wildman–Crippen MR) is 43.8 cm³/mol. The second-order valence-electron chi connectivity index (χ2n) is 2.42. The summed E-state index contributed by atoms with van der Waals surface area (Å²) in [5.74, 6) is -1.71. The zero-order valence-electron chi connectivity index (χ0n) is 7.12. The van der Waals surface area contributed by atoms with Crippen LogP contribution in [0.2, 0.25) is 0 Å². The van der Waals surface area contributed by atoms with E-state index in [1.165, 1.54) is 0 Å². The summed E-state index contributed by atoms with van der Waals surface area (Å²) in [6.45, 7) is -0.465. The molecule has 0 aromatic heterocycles. The van der Waals surface area contributed by atoms with Gasteiger partial charge in [0, 0.05) is 5.56 Å². The Bertz CT molecular complexity index is 313. The van der Waals surface area contributed by atoms with E-state index in [0.29, 0.717) is 5.56 Å². The third kappa shape index (κ3) is 4.23.